The van der Waals surface area contributed by atoms with E-state index in [0.717, 1.165) is 5.75 Å². The average Bonchev–Trinajstić information content (AvgIpc) is 1.68. The van der Waals surface area contributed by atoms with Gasteiger partial charge in [-0.2, -0.15) is 0 Å². The first-order valence-electron chi connectivity index (χ1n) is 2.40. The number of nitrogens with one attached hydrogen (secondary N) is 1. The maximum Gasteiger partial charge on any atom is 0.204 e. The standard InChI is InChI=1S/C4H10N2OS/c1-2-8-4(7)3-6-5/h6H,2-3,5H2,1H3. The molecule has 0 saturated heterocycles. The Balaban J connectivity index is 3.06. The van der Waals surface area contributed by atoms with Gasteiger partial charge in [-0.1, -0.05) is 18.7 Å². The minimum absolute atomic E-state index is 0.0926. The molecule has 0 unspecified atom stereocenters. The Labute approximate surface area is 53.0 Å². The molecule has 0 rings (SSSR count). The molecule has 0 aliphatic carbocycles. The zero-order chi connectivity index (χ0) is 6.41. The van der Waals surface area contributed by atoms with E-state index >= 15 is 0 Å². The Kier molecular flexibility index (Phi) is 5.05. The van der Waals surface area contributed by atoms with Crippen LogP contribution in [0, 0.1) is 0 Å². The fourth-order valence-corrected chi connectivity index (χ4v) is 0.803. The smallest absolute Gasteiger partial charge is 0.204 e. The van der Waals surface area contributed by atoms with Gasteiger partial charge in [-0.25, -0.2) is 0 Å². The van der Waals surface area contributed by atoms with Crippen LogP contribution in [0.5, 0.6) is 0 Å². The van der Waals surface area contributed by atoms with Crippen LogP contribution in [-0.2, 0) is 4.79 Å². The second-order valence-electron chi connectivity index (χ2n) is 1.19. The number of nitrogens with two attached hydrogens (primary N) is 1. The van der Waals surface area contributed by atoms with Crippen molar-refractivity contribution in [2.75, 3.05) is 12.3 Å². The Morgan fingerprint density at radius 1 is 1.88 bits per heavy atom. The highest BCUT2D eigenvalue weighted by molar-refractivity contribution is 8.13. The fourth-order valence-electron chi connectivity index (χ4n) is 0.295. The van der Waals surface area contributed by atoms with Crippen molar-refractivity contribution in [1.82, 2.24) is 5.43 Å². The van der Waals surface area contributed by atoms with E-state index in [1.807, 2.05) is 6.92 Å². The van der Waals surface area contributed by atoms with Crippen molar-refractivity contribution in [3.63, 3.8) is 0 Å². The molecule has 3 nitrogen and oxygen atoms in total. The molecule has 0 aliphatic rings. The van der Waals surface area contributed by atoms with E-state index in [2.05, 4.69) is 5.43 Å². The van der Waals surface area contributed by atoms with Crippen LogP contribution in [0.3, 0.4) is 0 Å². The number of hydrazine groups is 1. The molecular formula is C4H10N2OS. The van der Waals surface area contributed by atoms with Gasteiger partial charge in [0.1, 0.15) is 0 Å². The van der Waals surface area contributed by atoms with Gasteiger partial charge in [0.25, 0.3) is 0 Å². The molecule has 0 bridgehead atoms. The van der Waals surface area contributed by atoms with Crippen molar-refractivity contribution in [2.45, 2.75) is 6.92 Å². The summed E-state index contributed by atoms with van der Waals surface area (Å²) in [6.07, 6.45) is 0. The Morgan fingerprint density at radius 2 is 2.50 bits per heavy atom. The molecule has 3 N–H and O–H groups in total. The molecule has 0 atom stereocenters. The fraction of sp³-hybridized carbons (Fsp3) is 0.750. The van der Waals surface area contributed by atoms with Crippen LogP contribution in [0.2, 0.25) is 0 Å². The van der Waals surface area contributed by atoms with Crippen molar-refractivity contribution in [1.29, 1.82) is 0 Å². The largest absolute Gasteiger partial charge is 0.286 e. The van der Waals surface area contributed by atoms with E-state index < -0.39 is 0 Å². The van der Waals surface area contributed by atoms with Gasteiger partial charge in [0, 0.05) is 0 Å². The molecule has 0 aromatic rings. The molecule has 0 aliphatic heterocycles. The third-order valence-corrected chi connectivity index (χ3v) is 1.31. The summed E-state index contributed by atoms with van der Waals surface area (Å²) in [5, 5.41) is 0.0926. The first kappa shape index (κ1) is 7.94. The van der Waals surface area contributed by atoms with Gasteiger partial charge >= 0.3 is 0 Å². The summed E-state index contributed by atoms with van der Waals surface area (Å²) in [5.41, 5.74) is 2.28. The van der Waals surface area contributed by atoms with Gasteiger partial charge in [-0.3, -0.25) is 16.1 Å². The van der Waals surface area contributed by atoms with Crippen LogP contribution in [0.4, 0.5) is 0 Å². The highest BCUT2D eigenvalue weighted by Gasteiger charge is 1.95. The molecular weight excluding hydrogens is 124 g/mol. The summed E-state index contributed by atoms with van der Waals surface area (Å²) in [6.45, 7) is 2.19. The summed E-state index contributed by atoms with van der Waals surface area (Å²) in [5.74, 6) is 5.70. The van der Waals surface area contributed by atoms with E-state index in [9.17, 15) is 4.79 Å². The summed E-state index contributed by atoms with van der Waals surface area (Å²) in [4.78, 5) is 10.5. The highest BCUT2D eigenvalue weighted by atomic mass is 32.2. The highest BCUT2D eigenvalue weighted by Crippen LogP contribution is 1.97. The van der Waals surface area contributed by atoms with E-state index in [1.54, 1.807) is 0 Å². The monoisotopic (exact) mass is 134 g/mol. The van der Waals surface area contributed by atoms with Gasteiger partial charge in [0.15, 0.2) is 0 Å². The molecule has 0 radical (unpaired) electrons. The third-order valence-electron chi connectivity index (χ3n) is 0.552. The van der Waals surface area contributed by atoms with Crippen molar-refractivity contribution in [3.8, 4) is 0 Å². The van der Waals surface area contributed by atoms with Crippen LogP contribution in [-0.4, -0.2) is 17.4 Å². The molecule has 0 spiro atoms. The molecule has 0 heterocycles. The number of thioether (sulfide) groups is 1. The Morgan fingerprint density at radius 3 is 2.88 bits per heavy atom. The molecule has 0 saturated carbocycles. The maximum atomic E-state index is 10.5. The summed E-state index contributed by atoms with van der Waals surface area (Å²) in [7, 11) is 0. The molecule has 48 valence electrons. The van der Waals surface area contributed by atoms with E-state index in [0.29, 0.717) is 0 Å². The van der Waals surface area contributed by atoms with Crippen molar-refractivity contribution in [2.24, 2.45) is 5.84 Å². The third kappa shape index (κ3) is 4.11. The summed E-state index contributed by atoms with van der Waals surface area (Å²) in [6, 6.07) is 0. The minimum atomic E-state index is 0.0926. The lowest BCUT2D eigenvalue weighted by molar-refractivity contribution is -0.110. The number of carbonyl (C=O) groups excluding carboxylic acids is 1. The SMILES string of the molecule is CCSC(=O)CNN. The molecule has 4 heteroatoms. The van der Waals surface area contributed by atoms with Crippen molar-refractivity contribution in [3.05, 3.63) is 0 Å². The van der Waals surface area contributed by atoms with Crippen LogP contribution in [0.1, 0.15) is 6.92 Å². The van der Waals surface area contributed by atoms with Crippen molar-refractivity contribution < 1.29 is 4.79 Å². The van der Waals surface area contributed by atoms with Crippen LogP contribution in [0.25, 0.3) is 0 Å². The maximum absolute atomic E-state index is 10.5. The minimum Gasteiger partial charge on any atom is -0.286 e. The quantitative estimate of drug-likeness (QED) is 0.412. The lowest BCUT2D eigenvalue weighted by atomic mass is 10.8. The van der Waals surface area contributed by atoms with E-state index in [4.69, 9.17) is 5.84 Å². The lowest BCUT2D eigenvalue weighted by Crippen LogP contribution is -2.27. The Bertz CT molecular complexity index is 68.4. The number of hydrogen-bond acceptors (Lipinski definition) is 4. The molecule has 0 aromatic heterocycles. The second kappa shape index (κ2) is 5.08. The van der Waals surface area contributed by atoms with Crippen LogP contribution >= 0.6 is 11.8 Å². The molecule has 8 heavy (non-hydrogen) atoms. The Hall–Kier alpha value is -0.0600. The predicted molar refractivity (Wildman–Crippen MR) is 35.3 cm³/mol. The van der Waals surface area contributed by atoms with E-state index in [1.165, 1.54) is 11.8 Å². The molecule has 0 fully saturated rings. The van der Waals surface area contributed by atoms with Gasteiger partial charge in [-0.05, 0) is 5.75 Å². The second-order valence-corrected chi connectivity index (χ2v) is 2.51. The number of rotatable bonds is 3. The molecule has 0 aromatic carbocycles. The van der Waals surface area contributed by atoms with Gasteiger partial charge < -0.3 is 0 Å². The summed E-state index contributed by atoms with van der Waals surface area (Å²) >= 11 is 1.27. The van der Waals surface area contributed by atoms with Crippen LogP contribution in [0.15, 0.2) is 0 Å². The predicted octanol–water partition coefficient (Wildman–Crippen LogP) is -0.271. The topological polar surface area (TPSA) is 55.1 Å². The zero-order valence-electron chi connectivity index (χ0n) is 4.81. The molecule has 0 amide bonds. The average molecular weight is 134 g/mol. The normalized spacial score (nSPS) is 9.25. The van der Waals surface area contributed by atoms with E-state index in [-0.39, 0.29) is 11.7 Å². The summed E-state index contributed by atoms with van der Waals surface area (Å²) < 4.78 is 0. The first-order chi connectivity index (χ1) is 3.81. The van der Waals surface area contributed by atoms with Gasteiger partial charge in [-0.15, -0.1) is 0 Å². The van der Waals surface area contributed by atoms with Crippen LogP contribution < -0.4 is 11.3 Å². The van der Waals surface area contributed by atoms with Gasteiger partial charge in [0.2, 0.25) is 5.12 Å². The number of hydrogen-bond donors (Lipinski definition) is 2. The lowest BCUT2D eigenvalue weighted by Gasteiger charge is -1.93. The zero-order valence-corrected chi connectivity index (χ0v) is 5.62. The number of carbonyl (C=O) groups is 1. The first-order valence-corrected chi connectivity index (χ1v) is 3.39. The van der Waals surface area contributed by atoms with Crippen molar-refractivity contribution >= 4 is 16.9 Å². The van der Waals surface area contributed by atoms with Gasteiger partial charge in [0.05, 0.1) is 6.54 Å².